The maximum absolute atomic E-state index is 12.4. The number of nitrogens with zero attached hydrogens (tertiary/aromatic N) is 4. The molecule has 1 aromatic carbocycles. The molecular formula is C18H16N4O3S2. The molecule has 1 aliphatic rings. The lowest BCUT2D eigenvalue weighted by molar-refractivity contribution is -0.380. The number of hydrogen-bond donors (Lipinski definition) is 0. The van der Waals surface area contributed by atoms with Crippen molar-refractivity contribution in [3.8, 4) is 0 Å². The number of thiophene rings is 1. The molecule has 0 spiro atoms. The van der Waals surface area contributed by atoms with Crippen molar-refractivity contribution in [2.75, 3.05) is 31.1 Å². The van der Waals surface area contributed by atoms with Crippen molar-refractivity contribution >= 4 is 55.0 Å². The van der Waals surface area contributed by atoms with Crippen LogP contribution in [0.5, 0.6) is 0 Å². The largest absolute Gasteiger partial charge is 0.345 e. The number of benzene rings is 1. The molecule has 7 nitrogen and oxygen atoms in total. The normalized spacial score (nSPS) is 15.0. The molecule has 0 bridgehead atoms. The molecule has 1 fully saturated rings. The van der Waals surface area contributed by atoms with Crippen LogP contribution in [-0.2, 0) is 4.79 Å². The number of carbonyl (C=O) groups excluding carboxylic acids is 1. The highest BCUT2D eigenvalue weighted by atomic mass is 32.1. The van der Waals surface area contributed by atoms with E-state index in [1.807, 2.05) is 18.2 Å². The first-order valence-corrected chi connectivity index (χ1v) is 10.1. The van der Waals surface area contributed by atoms with Crippen molar-refractivity contribution < 1.29 is 9.72 Å². The van der Waals surface area contributed by atoms with Crippen molar-refractivity contribution in [1.82, 2.24) is 9.88 Å². The van der Waals surface area contributed by atoms with Crippen molar-refractivity contribution in [3.63, 3.8) is 0 Å². The summed E-state index contributed by atoms with van der Waals surface area (Å²) >= 11 is 2.73. The summed E-state index contributed by atoms with van der Waals surface area (Å²) in [5.74, 6) is -0.0741. The van der Waals surface area contributed by atoms with Crippen LogP contribution in [0.15, 0.2) is 42.5 Å². The molecule has 1 amide bonds. The molecule has 0 N–H and O–H groups in total. The second-order valence-electron chi connectivity index (χ2n) is 6.04. The zero-order chi connectivity index (χ0) is 18.8. The van der Waals surface area contributed by atoms with E-state index < -0.39 is 4.92 Å². The topological polar surface area (TPSA) is 79.6 Å². The minimum atomic E-state index is -0.426. The van der Waals surface area contributed by atoms with Gasteiger partial charge < -0.3 is 9.80 Å². The zero-order valence-electron chi connectivity index (χ0n) is 14.3. The van der Waals surface area contributed by atoms with Gasteiger partial charge in [-0.15, -0.1) is 0 Å². The van der Waals surface area contributed by atoms with Crippen molar-refractivity contribution in [2.45, 2.75) is 0 Å². The number of piperazine rings is 1. The SMILES string of the molecule is O=C(/C=C/c1ccc([N+](=O)[O-])s1)N1CCN(c2nc3ccccc3s2)CC1. The molecule has 3 heterocycles. The van der Waals surface area contributed by atoms with Crippen LogP contribution in [0, 0.1) is 10.1 Å². The Morgan fingerprint density at radius 3 is 2.59 bits per heavy atom. The smallest absolute Gasteiger partial charge is 0.324 e. The minimum Gasteiger partial charge on any atom is -0.345 e. The highest BCUT2D eigenvalue weighted by Gasteiger charge is 2.22. The molecule has 4 rings (SSSR count). The average molecular weight is 400 g/mol. The number of hydrogen-bond acceptors (Lipinski definition) is 7. The zero-order valence-corrected chi connectivity index (χ0v) is 15.9. The van der Waals surface area contributed by atoms with Crippen LogP contribution in [0.3, 0.4) is 0 Å². The van der Waals surface area contributed by atoms with E-state index in [9.17, 15) is 14.9 Å². The highest BCUT2D eigenvalue weighted by Crippen LogP contribution is 2.29. The van der Waals surface area contributed by atoms with E-state index in [1.165, 1.54) is 16.8 Å². The molecule has 138 valence electrons. The van der Waals surface area contributed by atoms with Gasteiger partial charge in [-0.25, -0.2) is 4.98 Å². The molecule has 3 aromatic rings. The molecule has 27 heavy (non-hydrogen) atoms. The molecule has 1 saturated heterocycles. The summed E-state index contributed by atoms with van der Waals surface area (Å²) in [6.07, 6.45) is 3.13. The summed E-state index contributed by atoms with van der Waals surface area (Å²) in [4.78, 5) is 32.0. The molecule has 0 radical (unpaired) electrons. The summed E-state index contributed by atoms with van der Waals surface area (Å²) in [6, 6.07) is 11.2. The second kappa shape index (κ2) is 7.45. The number of amides is 1. The van der Waals surface area contributed by atoms with E-state index in [4.69, 9.17) is 0 Å². The van der Waals surface area contributed by atoms with Gasteiger partial charge >= 0.3 is 5.00 Å². The van der Waals surface area contributed by atoms with Crippen molar-refractivity contribution in [3.05, 3.63) is 57.5 Å². The van der Waals surface area contributed by atoms with Crippen molar-refractivity contribution in [2.24, 2.45) is 0 Å². The van der Waals surface area contributed by atoms with Gasteiger partial charge in [0.15, 0.2) is 5.13 Å². The van der Waals surface area contributed by atoms with Crippen LogP contribution in [0.25, 0.3) is 16.3 Å². The Kier molecular flexibility index (Phi) is 4.87. The lowest BCUT2D eigenvalue weighted by Crippen LogP contribution is -2.48. The summed E-state index contributed by atoms with van der Waals surface area (Å²) < 4.78 is 1.17. The van der Waals surface area contributed by atoms with Gasteiger partial charge in [0.25, 0.3) is 0 Å². The van der Waals surface area contributed by atoms with Crippen LogP contribution in [0.1, 0.15) is 4.88 Å². The number of para-hydroxylation sites is 1. The minimum absolute atomic E-state index is 0.0741. The molecule has 9 heteroatoms. The molecule has 0 aliphatic carbocycles. The summed E-state index contributed by atoms with van der Waals surface area (Å²) in [5, 5.41) is 11.8. The van der Waals surface area contributed by atoms with Gasteiger partial charge in [-0.1, -0.05) is 34.8 Å². The van der Waals surface area contributed by atoms with Gasteiger partial charge in [0.1, 0.15) is 0 Å². The number of anilines is 1. The first-order valence-electron chi connectivity index (χ1n) is 8.42. The maximum Gasteiger partial charge on any atom is 0.324 e. The van der Waals surface area contributed by atoms with E-state index in [0.29, 0.717) is 18.0 Å². The molecule has 0 atom stereocenters. The van der Waals surface area contributed by atoms with Gasteiger partial charge in [-0.3, -0.25) is 14.9 Å². The van der Waals surface area contributed by atoms with Crippen LogP contribution in [-0.4, -0.2) is 46.9 Å². The number of nitro groups is 1. The standard InChI is InChI=1S/C18H16N4O3S2/c23-16(7-5-13-6-8-17(26-13)22(24)25)20-9-11-21(12-10-20)18-19-14-3-1-2-4-15(14)27-18/h1-8H,9-12H2/b7-5+. The number of thiazole rings is 1. The quantitative estimate of drug-likeness (QED) is 0.380. The van der Waals surface area contributed by atoms with Gasteiger partial charge in [0, 0.05) is 43.2 Å². The first-order chi connectivity index (χ1) is 13.1. The molecule has 2 aromatic heterocycles. The van der Waals surface area contributed by atoms with E-state index >= 15 is 0 Å². The van der Waals surface area contributed by atoms with Crippen LogP contribution >= 0.6 is 22.7 Å². The number of carbonyl (C=O) groups is 1. The maximum atomic E-state index is 12.4. The fraction of sp³-hybridized carbons (Fsp3) is 0.222. The van der Waals surface area contributed by atoms with Gasteiger partial charge in [-0.05, 0) is 24.3 Å². The summed E-state index contributed by atoms with van der Waals surface area (Å²) in [7, 11) is 0. The lowest BCUT2D eigenvalue weighted by Gasteiger charge is -2.34. The molecular weight excluding hydrogens is 384 g/mol. The fourth-order valence-corrected chi connectivity index (χ4v) is 4.64. The monoisotopic (exact) mass is 400 g/mol. The van der Waals surface area contributed by atoms with Crippen LogP contribution in [0.4, 0.5) is 10.1 Å². The van der Waals surface area contributed by atoms with Gasteiger partial charge in [-0.2, -0.15) is 0 Å². The van der Waals surface area contributed by atoms with E-state index in [2.05, 4.69) is 16.0 Å². The van der Waals surface area contributed by atoms with E-state index in [1.54, 1.807) is 28.4 Å². The Hall–Kier alpha value is -2.78. The summed E-state index contributed by atoms with van der Waals surface area (Å²) in [6.45, 7) is 2.74. The van der Waals surface area contributed by atoms with Crippen LogP contribution in [0.2, 0.25) is 0 Å². The third-order valence-electron chi connectivity index (χ3n) is 4.33. The Labute approximate surface area is 163 Å². The first kappa shape index (κ1) is 17.6. The number of rotatable bonds is 4. The van der Waals surface area contributed by atoms with E-state index in [0.717, 1.165) is 35.1 Å². The fourth-order valence-electron chi connectivity index (χ4n) is 2.90. The third kappa shape index (κ3) is 3.83. The second-order valence-corrected chi connectivity index (χ2v) is 8.15. The van der Waals surface area contributed by atoms with E-state index in [-0.39, 0.29) is 10.9 Å². The molecule has 0 unspecified atom stereocenters. The van der Waals surface area contributed by atoms with Gasteiger partial charge in [0.2, 0.25) is 5.91 Å². The Balaban J connectivity index is 1.36. The van der Waals surface area contributed by atoms with Crippen LogP contribution < -0.4 is 4.90 Å². The highest BCUT2D eigenvalue weighted by molar-refractivity contribution is 7.22. The number of aromatic nitrogens is 1. The predicted octanol–water partition coefficient (Wildman–Crippen LogP) is 3.63. The lowest BCUT2D eigenvalue weighted by atomic mass is 10.3. The average Bonchev–Trinajstić information content (AvgIpc) is 3.33. The number of fused-ring (bicyclic) bond motifs is 1. The predicted molar refractivity (Wildman–Crippen MR) is 108 cm³/mol. The summed E-state index contributed by atoms with van der Waals surface area (Å²) in [5.41, 5.74) is 1.00. The molecule has 1 aliphatic heterocycles. The third-order valence-corrected chi connectivity index (χ3v) is 6.43. The Bertz CT molecular complexity index is 985. The van der Waals surface area contributed by atoms with Crippen molar-refractivity contribution in [1.29, 1.82) is 0 Å². The van der Waals surface area contributed by atoms with Gasteiger partial charge in [0.05, 0.1) is 15.1 Å². The molecule has 0 saturated carbocycles. The Morgan fingerprint density at radius 1 is 1.11 bits per heavy atom. The Morgan fingerprint density at radius 2 is 1.89 bits per heavy atom.